The Morgan fingerprint density at radius 3 is 2.43 bits per heavy atom. The summed E-state index contributed by atoms with van der Waals surface area (Å²) in [7, 11) is 0. The summed E-state index contributed by atoms with van der Waals surface area (Å²) in [6, 6.07) is 0. The first-order chi connectivity index (χ1) is 6.58. The predicted molar refractivity (Wildman–Crippen MR) is 62.7 cm³/mol. The van der Waals surface area contributed by atoms with Crippen molar-refractivity contribution in [2.45, 2.75) is 58.5 Å². The molecule has 0 bridgehead atoms. The fourth-order valence-corrected chi connectivity index (χ4v) is 1.55. The molecule has 1 unspecified atom stereocenters. The molecule has 0 radical (unpaired) electrons. The Morgan fingerprint density at radius 2 is 2.00 bits per heavy atom. The first kappa shape index (κ1) is 13.9. The average Bonchev–Trinajstić information content (AvgIpc) is 2.18. The molecule has 0 aliphatic carbocycles. The second-order valence-corrected chi connectivity index (χ2v) is 4.43. The highest BCUT2D eigenvalue weighted by Gasteiger charge is 2.24. The molecule has 14 heavy (non-hydrogen) atoms. The van der Waals surface area contributed by atoms with Crippen LogP contribution in [-0.2, 0) is 9.53 Å². The van der Waals surface area contributed by atoms with E-state index in [1.807, 2.05) is 13.8 Å². The van der Waals surface area contributed by atoms with E-state index >= 15 is 0 Å². The van der Waals surface area contributed by atoms with E-state index in [1.165, 1.54) is 0 Å². The van der Waals surface area contributed by atoms with E-state index < -0.39 is 0 Å². The largest absolute Gasteiger partial charge is 0.458 e. The molecule has 0 saturated carbocycles. The van der Waals surface area contributed by atoms with Gasteiger partial charge in [-0.2, -0.15) is 0 Å². The van der Waals surface area contributed by atoms with Gasteiger partial charge in [0.05, 0.1) is 0 Å². The van der Waals surface area contributed by atoms with E-state index in [9.17, 15) is 4.79 Å². The van der Waals surface area contributed by atoms with Crippen molar-refractivity contribution >= 4 is 21.9 Å². The van der Waals surface area contributed by atoms with Crippen LogP contribution in [0.15, 0.2) is 0 Å². The first-order valence-corrected chi connectivity index (χ1v) is 6.48. The smallest absolute Gasteiger partial charge is 0.306 e. The number of ether oxygens (including phenoxy) is 1. The van der Waals surface area contributed by atoms with E-state index in [2.05, 4.69) is 22.9 Å². The number of carbonyl (C=O) groups is 1. The fourth-order valence-electron chi connectivity index (χ4n) is 1.04. The molecule has 0 aromatic rings. The molecule has 3 heteroatoms. The topological polar surface area (TPSA) is 26.3 Å². The summed E-state index contributed by atoms with van der Waals surface area (Å²) in [5.41, 5.74) is -0.330. The van der Waals surface area contributed by atoms with Crippen molar-refractivity contribution in [1.82, 2.24) is 0 Å². The molecule has 0 fully saturated rings. The number of halogens is 1. The number of alkyl halides is 1. The van der Waals surface area contributed by atoms with Gasteiger partial charge in [0.15, 0.2) is 0 Å². The number of unbranched alkanes of at least 4 members (excludes halogenated alkanes) is 2. The first-order valence-electron chi connectivity index (χ1n) is 5.35. The van der Waals surface area contributed by atoms with Crippen molar-refractivity contribution in [3.63, 3.8) is 0 Å². The van der Waals surface area contributed by atoms with Crippen LogP contribution in [0.1, 0.15) is 52.9 Å². The standard InChI is InChI=1S/C11H21BrO2/c1-4-6-7-8-10(13)14-11(3,5-2)9-12/h4-9H2,1-3H3. The molecular formula is C11H21BrO2. The maximum absolute atomic E-state index is 11.4. The summed E-state index contributed by atoms with van der Waals surface area (Å²) in [6.07, 6.45) is 4.58. The van der Waals surface area contributed by atoms with Crippen molar-refractivity contribution < 1.29 is 9.53 Å². The molecule has 0 aliphatic rings. The summed E-state index contributed by atoms with van der Waals surface area (Å²) in [4.78, 5) is 11.4. The van der Waals surface area contributed by atoms with E-state index in [4.69, 9.17) is 4.74 Å². The molecule has 1 atom stereocenters. The van der Waals surface area contributed by atoms with Crippen molar-refractivity contribution in [1.29, 1.82) is 0 Å². The number of hydrogen-bond donors (Lipinski definition) is 0. The van der Waals surface area contributed by atoms with E-state index in [0.717, 1.165) is 25.7 Å². The highest BCUT2D eigenvalue weighted by atomic mass is 79.9. The lowest BCUT2D eigenvalue weighted by Crippen LogP contribution is -2.32. The van der Waals surface area contributed by atoms with Crippen molar-refractivity contribution in [2.24, 2.45) is 0 Å². The Labute approximate surface area is 95.5 Å². The quantitative estimate of drug-likeness (QED) is 0.399. The van der Waals surface area contributed by atoms with Crippen molar-refractivity contribution in [3.05, 3.63) is 0 Å². The van der Waals surface area contributed by atoms with Gasteiger partial charge in [-0.25, -0.2) is 0 Å². The number of rotatable bonds is 7. The SMILES string of the molecule is CCCCCC(=O)OC(C)(CC)CBr. The van der Waals surface area contributed by atoms with Gasteiger partial charge in [0.2, 0.25) is 0 Å². The van der Waals surface area contributed by atoms with Crippen LogP contribution in [0.3, 0.4) is 0 Å². The monoisotopic (exact) mass is 264 g/mol. The average molecular weight is 265 g/mol. The Balaban J connectivity index is 3.80. The summed E-state index contributed by atoms with van der Waals surface area (Å²) < 4.78 is 5.40. The zero-order valence-electron chi connectivity index (χ0n) is 9.44. The number of hydrogen-bond acceptors (Lipinski definition) is 2. The third-order valence-electron chi connectivity index (χ3n) is 2.38. The summed E-state index contributed by atoms with van der Waals surface area (Å²) in [6.45, 7) is 6.11. The number of esters is 1. The van der Waals surface area contributed by atoms with E-state index in [-0.39, 0.29) is 11.6 Å². The Morgan fingerprint density at radius 1 is 1.36 bits per heavy atom. The lowest BCUT2D eigenvalue weighted by atomic mass is 10.1. The molecule has 2 nitrogen and oxygen atoms in total. The molecule has 84 valence electrons. The Hall–Kier alpha value is -0.0500. The maximum Gasteiger partial charge on any atom is 0.306 e. The summed E-state index contributed by atoms with van der Waals surface area (Å²) in [5.74, 6) is -0.0674. The lowest BCUT2D eigenvalue weighted by Gasteiger charge is -2.25. The highest BCUT2D eigenvalue weighted by Crippen LogP contribution is 2.19. The Bertz CT molecular complexity index is 165. The molecule has 0 aliphatic heterocycles. The van der Waals surface area contributed by atoms with Crippen LogP contribution < -0.4 is 0 Å². The van der Waals surface area contributed by atoms with Crippen molar-refractivity contribution in [2.75, 3.05) is 5.33 Å². The van der Waals surface area contributed by atoms with Gasteiger partial charge in [0.25, 0.3) is 0 Å². The molecule has 0 N–H and O–H groups in total. The van der Waals surface area contributed by atoms with Gasteiger partial charge in [0, 0.05) is 11.8 Å². The minimum Gasteiger partial charge on any atom is -0.458 e. The second kappa shape index (κ2) is 7.27. The second-order valence-electron chi connectivity index (χ2n) is 3.87. The van der Waals surface area contributed by atoms with Gasteiger partial charge in [-0.05, 0) is 19.8 Å². The normalized spacial score (nSPS) is 14.9. The molecule has 0 spiro atoms. The van der Waals surface area contributed by atoms with Crippen LogP contribution in [-0.4, -0.2) is 16.9 Å². The van der Waals surface area contributed by atoms with Crippen LogP contribution in [0.25, 0.3) is 0 Å². The van der Waals surface area contributed by atoms with Crippen molar-refractivity contribution in [3.8, 4) is 0 Å². The molecular weight excluding hydrogens is 244 g/mol. The summed E-state index contributed by atoms with van der Waals surface area (Å²) >= 11 is 3.37. The maximum atomic E-state index is 11.4. The molecule has 0 saturated heterocycles. The lowest BCUT2D eigenvalue weighted by molar-refractivity contribution is -0.156. The zero-order chi connectivity index (χ0) is 11.0. The van der Waals surface area contributed by atoms with Crippen LogP contribution >= 0.6 is 15.9 Å². The molecule has 0 aromatic heterocycles. The minimum absolute atomic E-state index is 0.0674. The van der Waals surface area contributed by atoms with Gasteiger partial charge in [0.1, 0.15) is 5.60 Å². The highest BCUT2D eigenvalue weighted by molar-refractivity contribution is 9.09. The van der Waals surface area contributed by atoms with Gasteiger partial charge >= 0.3 is 5.97 Å². The predicted octanol–water partition coefficient (Wildman–Crippen LogP) is 3.67. The van der Waals surface area contributed by atoms with Gasteiger partial charge in [-0.1, -0.05) is 42.6 Å². The third kappa shape index (κ3) is 5.63. The van der Waals surface area contributed by atoms with Gasteiger partial charge < -0.3 is 4.74 Å². The third-order valence-corrected chi connectivity index (χ3v) is 3.56. The molecule has 0 aromatic carbocycles. The minimum atomic E-state index is -0.330. The van der Waals surface area contributed by atoms with Gasteiger partial charge in [-0.3, -0.25) is 4.79 Å². The molecule has 0 amide bonds. The zero-order valence-corrected chi connectivity index (χ0v) is 11.0. The van der Waals surface area contributed by atoms with E-state index in [1.54, 1.807) is 0 Å². The van der Waals surface area contributed by atoms with Crippen LogP contribution in [0.4, 0.5) is 0 Å². The van der Waals surface area contributed by atoms with Gasteiger partial charge in [-0.15, -0.1) is 0 Å². The number of carbonyl (C=O) groups excluding carboxylic acids is 1. The van der Waals surface area contributed by atoms with Crippen LogP contribution in [0.5, 0.6) is 0 Å². The Kier molecular flexibility index (Phi) is 7.24. The summed E-state index contributed by atoms with van der Waals surface area (Å²) in [5, 5.41) is 0.704. The van der Waals surface area contributed by atoms with Crippen LogP contribution in [0.2, 0.25) is 0 Å². The fraction of sp³-hybridized carbons (Fsp3) is 0.909. The van der Waals surface area contributed by atoms with E-state index in [0.29, 0.717) is 11.8 Å². The molecule has 0 rings (SSSR count). The molecule has 0 heterocycles. The van der Waals surface area contributed by atoms with Crippen LogP contribution in [0, 0.1) is 0 Å².